The lowest BCUT2D eigenvalue weighted by Crippen LogP contribution is -2.42. The zero-order valence-electron chi connectivity index (χ0n) is 13.4. The molecule has 1 aliphatic heterocycles. The summed E-state index contributed by atoms with van der Waals surface area (Å²) in [5, 5.41) is 2.87. The summed E-state index contributed by atoms with van der Waals surface area (Å²) in [4.78, 5) is 30.2. The third-order valence-corrected chi connectivity index (χ3v) is 4.15. The minimum atomic E-state index is -0.504. The molecule has 0 radical (unpaired) electrons. The number of likely N-dealkylation sites (tertiary alicyclic amines) is 1. The van der Waals surface area contributed by atoms with E-state index in [0.29, 0.717) is 18.7 Å². The third kappa shape index (κ3) is 3.05. The number of carbonyl (C=O) groups is 2. The lowest BCUT2D eigenvalue weighted by molar-refractivity contribution is -0.134. The summed E-state index contributed by atoms with van der Waals surface area (Å²) in [5.41, 5.74) is 2.34. The van der Waals surface area contributed by atoms with Gasteiger partial charge in [0.2, 0.25) is 11.8 Å². The Morgan fingerprint density at radius 2 is 2.22 bits per heavy atom. The van der Waals surface area contributed by atoms with E-state index in [2.05, 4.69) is 10.3 Å². The number of hydrogen-bond acceptors (Lipinski definition) is 4. The molecule has 7 heteroatoms. The van der Waals surface area contributed by atoms with Gasteiger partial charge in [0.25, 0.3) is 0 Å². The number of rotatable bonds is 3. The van der Waals surface area contributed by atoms with Gasteiger partial charge in [-0.2, -0.15) is 0 Å². The fraction of sp³-hybridized carbons (Fsp3) is 0.438. The number of aryl methyl sites for hydroxylation is 1. The Kier molecular flexibility index (Phi) is 4.04. The zero-order valence-corrected chi connectivity index (χ0v) is 13.4. The molecule has 2 aromatic heterocycles. The number of ether oxygens (including phenoxy) is 1. The van der Waals surface area contributed by atoms with E-state index in [0.717, 1.165) is 11.3 Å². The number of imidazole rings is 1. The molecule has 0 aliphatic carbocycles. The number of pyridine rings is 1. The second-order valence-corrected chi connectivity index (χ2v) is 5.83. The number of hydrogen-bond donors (Lipinski definition) is 1. The van der Waals surface area contributed by atoms with Crippen molar-refractivity contribution in [2.24, 2.45) is 0 Å². The van der Waals surface area contributed by atoms with Gasteiger partial charge < -0.3 is 19.4 Å². The Morgan fingerprint density at radius 3 is 2.91 bits per heavy atom. The number of fused-ring (bicyclic) bond motifs is 1. The summed E-state index contributed by atoms with van der Waals surface area (Å²) in [6.45, 7) is 3.83. The van der Waals surface area contributed by atoms with Gasteiger partial charge in [0.1, 0.15) is 11.7 Å². The highest BCUT2D eigenvalue weighted by Gasteiger charge is 2.38. The maximum Gasteiger partial charge on any atom is 0.247 e. The van der Waals surface area contributed by atoms with Crippen molar-refractivity contribution >= 4 is 23.1 Å². The Hall–Kier alpha value is -2.41. The average molecular weight is 316 g/mol. The molecule has 2 amide bonds. The molecular formula is C16H20N4O3. The molecule has 1 N–H and O–H groups in total. The van der Waals surface area contributed by atoms with Gasteiger partial charge in [-0.1, -0.05) is 0 Å². The van der Waals surface area contributed by atoms with E-state index >= 15 is 0 Å². The van der Waals surface area contributed by atoms with Crippen molar-refractivity contribution in [1.29, 1.82) is 0 Å². The Bertz CT molecular complexity index is 755. The molecule has 1 saturated heterocycles. The number of methoxy groups -OCH3 is 1. The van der Waals surface area contributed by atoms with Crippen LogP contribution in [0, 0.1) is 6.92 Å². The van der Waals surface area contributed by atoms with Crippen LogP contribution in [-0.2, 0) is 14.3 Å². The molecule has 0 spiro atoms. The highest BCUT2D eigenvalue weighted by molar-refractivity contribution is 5.97. The molecule has 2 aromatic rings. The van der Waals surface area contributed by atoms with Crippen LogP contribution in [0.15, 0.2) is 24.5 Å². The molecule has 0 bridgehead atoms. The lowest BCUT2D eigenvalue weighted by Gasteiger charge is -2.22. The molecule has 23 heavy (non-hydrogen) atoms. The molecule has 122 valence electrons. The van der Waals surface area contributed by atoms with Crippen LogP contribution in [0.4, 0.5) is 5.69 Å². The molecule has 3 rings (SSSR count). The van der Waals surface area contributed by atoms with Gasteiger partial charge in [0.15, 0.2) is 0 Å². The van der Waals surface area contributed by atoms with E-state index < -0.39 is 6.04 Å². The van der Waals surface area contributed by atoms with Gasteiger partial charge in [-0.15, -0.1) is 0 Å². The fourth-order valence-electron chi connectivity index (χ4n) is 2.98. The van der Waals surface area contributed by atoms with Gasteiger partial charge in [-0.25, -0.2) is 4.98 Å². The number of aromatic nitrogens is 2. The Labute approximate surface area is 134 Å². The molecule has 0 aromatic carbocycles. The van der Waals surface area contributed by atoms with Crippen LogP contribution in [0.5, 0.6) is 0 Å². The normalized spacial score (nSPS) is 20.9. The molecule has 3 heterocycles. The van der Waals surface area contributed by atoms with E-state index in [9.17, 15) is 9.59 Å². The Morgan fingerprint density at radius 1 is 1.43 bits per heavy atom. The number of carbonyl (C=O) groups excluding carboxylic acids is 2. The van der Waals surface area contributed by atoms with E-state index in [1.54, 1.807) is 12.0 Å². The summed E-state index contributed by atoms with van der Waals surface area (Å²) >= 11 is 0. The molecule has 1 fully saturated rings. The highest BCUT2D eigenvalue weighted by atomic mass is 16.5. The Balaban J connectivity index is 1.77. The topological polar surface area (TPSA) is 75.9 Å². The first-order valence-corrected chi connectivity index (χ1v) is 7.54. The zero-order chi connectivity index (χ0) is 16.6. The van der Waals surface area contributed by atoms with Crippen molar-refractivity contribution in [3.05, 3.63) is 30.2 Å². The highest BCUT2D eigenvalue weighted by Crippen LogP contribution is 2.22. The average Bonchev–Trinajstić information content (AvgIpc) is 3.09. The maximum absolute atomic E-state index is 12.5. The van der Waals surface area contributed by atoms with Crippen molar-refractivity contribution in [2.45, 2.75) is 32.4 Å². The first kappa shape index (κ1) is 15.5. The van der Waals surface area contributed by atoms with Crippen LogP contribution in [0.2, 0.25) is 0 Å². The van der Waals surface area contributed by atoms with E-state index in [4.69, 9.17) is 4.74 Å². The van der Waals surface area contributed by atoms with Crippen LogP contribution >= 0.6 is 0 Å². The molecule has 1 aliphatic rings. The summed E-state index contributed by atoms with van der Waals surface area (Å²) in [6.07, 6.45) is 4.16. The van der Waals surface area contributed by atoms with Crippen LogP contribution in [0.3, 0.4) is 0 Å². The van der Waals surface area contributed by atoms with E-state index in [1.807, 2.05) is 35.9 Å². The third-order valence-electron chi connectivity index (χ3n) is 4.15. The quantitative estimate of drug-likeness (QED) is 0.924. The number of nitrogens with one attached hydrogen (secondary N) is 1. The van der Waals surface area contributed by atoms with Gasteiger partial charge >= 0.3 is 0 Å². The van der Waals surface area contributed by atoms with Crippen molar-refractivity contribution in [3.63, 3.8) is 0 Å². The molecule has 0 saturated carbocycles. The van der Waals surface area contributed by atoms with Crippen molar-refractivity contribution in [1.82, 2.24) is 14.3 Å². The van der Waals surface area contributed by atoms with Gasteiger partial charge in [-0.3, -0.25) is 9.59 Å². The second kappa shape index (κ2) is 6.00. The van der Waals surface area contributed by atoms with Gasteiger partial charge in [0.05, 0.1) is 11.8 Å². The predicted molar refractivity (Wildman–Crippen MR) is 85.1 cm³/mol. The van der Waals surface area contributed by atoms with Crippen molar-refractivity contribution in [2.75, 3.05) is 19.0 Å². The minimum absolute atomic E-state index is 0.105. The predicted octanol–water partition coefficient (Wildman–Crippen LogP) is 1.22. The molecular weight excluding hydrogens is 296 g/mol. The van der Waals surface area contributed by atoms with E-state index in [-0.39, 0.29) is 17.9 Å². The fourth-order valence-corrected chi connectivity index (χ4v) is 2.98. The standard InChI is InChI=1S/C16H20N4O3/c1-10-8-19-5-4-12(6-15(19)17-10)18-16(22)14-7-13(23-3)9-20(14)11(2)21/h4-6,8,13-14H,7,9H2,1-3H3,(H,18,22)/t13-,14+/m0/s1. The van der Waals surface area contributed by atoms with E-state index in [1.165, 1.54) is 6.92 Å². The largest absolute Gasteiger partial charge is 0.380 e. The number of anilines is 1. The van der Waals surface area contributed by atoms with Crippen LogP contribution in [0.1, 0.15) is 19.0 Å². The van der Waals surface area contributed by atoms with Gasteiger partial charge in [0, 0.05) is 51.1 Å². The lowest BCUT2D eigenvalue weighted by atomic mass is 10.2. The number of nitrogens with zero attached hydrogens (tertiary/aromatic N) is 3. The minimum Gasteiger partial charge on any atom is -0.380 e. The summed E-state index contributed by atoms with van der Waals surface area (Å²) in [5.74, 6) is -0.323. The monoisotopic (exact) mass is 316 g/mol. The van der Waals surface area contributed by atoms with Crippen LogP contribution in [0.25, 0.3) is 5.65 Å². The maximum atomic E-state index is 12.5. The first-order valence-electron chi connectivity index (χ1n) is 7.54. The molecule has 7 nitrogen and oxygen atoms in total. The smallest absolute Gasteiger partial charge is 0.247 e. The second-order valence-electron chi connectivity index (χ2n) is 5.83. The van der Waals surface area contributed by atoms with Crippen molar-refractivity contribution in [3.8, 4) is 0 Å². The van der Waals surface area contributed by atoms with Crippen LogP contribution in [-0.4, -0.2) is 51.9 Å². The molecule has 2 atom stereocenters. The molecule has 0 unspecified atom stereocenters. The van der Waals surface area contributed by atoms with Gasteiger partial charge in [-0.05, 0) is 13.0 Å². The van der Waals surface area contributed by atoms with Crippen LogP contribution < -0.4 is 5.32 Å². The summed E-state index contributed by atoms with van der Waals surface area (Å²) in [7, 11) is 1.60. The summed E-state index contributed by atoms with van der Waals surface area (Å²) in [6, 6.07) is 3.12. The number of amides is 2. The summed E-state index contributed by atoms with van der Waals surface area (Å²) < 4.78 is 7.19. The SMILES string of the molecule is CO[C@H]1C[C@H](C(=O)Nc2ccn3cc(C)nc3c2)N(C(C)=O)C1. The van der Waals surface area contributed by atoms with Crippen molar-refractivity contribution < 1.29 is 14.3 Å². The first-order chi connectivity index (χ1) is 11.0.